The Kier molecular flexibility index (Phi) is 6.63. The lowest BCUT2D eigenvalue weighted by molar-refractivity contribution is -0.127. The first-order valence-corrected chi connectivity index (χ1v) is 9.67. The second-order valence-electron chi connectivity index (χ2n) is 6.19. The average molecular weight is 428 g/mol. The van der Waals surface area contributed by atoms with Gasteiger partial charge in [0.05, 0.1) is 26.2 Å². The summed E-state index contributed by atoms with van der Waals surface area (Å²) in [6.45, 7) is -0.379. The first-order chi connectivity index (χ1) is 14.4. The summed E-state index contributed by atoms with van der Waals surface area (Å²) in [5, 5.41) is 2.15. The molecule has 9 heteroatoms. The molecule has 0 radical (unpaired) electrons. The Morgan fingerprint density at radius 3 is 2.13 bits per heavy atom. The van der Waals surface area contributed by atoms with Crippen LogP contribution >= 0.6 is 11.8 Å². The maximum atomic E-state index is 12.7. The molecule has 3 rings (SSSR count). The van der Waals surface area contributed by atoms with E-state index in [0.717, 1.165) is 16.7 Å². The number of ether oxygens (including phenoxy) is 3. The minimum atomic E-state index is -0.531. The van der Waals surface area contributed by atoms with E-state index in [-0.39, 0.29) is 11.4 Å². The minimum Gasteiger partial charge on any atom is -0.497 e. The number of thioether (sulfide) groups is 1. The van der Waals surface area contributed by atoms with Gasteiger partial charge < -0.3 is 19.5 Å². The van der Waals surface area contributed by atoms with Crippen LogP contribution in [0.2, 0.25) is 0 Å². The number of imide groups is 1. The summed E-state index contributed by atoms with van der Waals surface area (Å²) in [4.78, 5) is 38.4. The van der Waals surface area contributed by atoms with Crippen molar-refractivity contribution < 1.29 is 28.6 Å². The Morgan fingerprint density at radius 2 is 1.57 bits per heavy atom. The van der Waals surface area contributed by atoms with E-state index >= 15 is 0 Å². The van der Waals surface area contributed by atoms with Crippen LogP contribution in [0.5, 0.6) is 17.2 Å². The zero-order valence-corrected chi connectivity index (χ0v) is 17.4. The van der Waals surface area contributed by atoms with Crippen molar-refractivity contribution in [1.29, 1.82) is 0 Å². The van der Waals surface area contributed by atoms with Crippen molar-refractivity contribution in [2.24, 2.45) is 0 Å². The molecule has 1 fully saturated rings. The van der Waals surface area contributed by atoms with E-state index in [4.69, 9.17) is 14.2 Å². The Balaban J connectivity index is 1.71. The molecule has 0 atom stereocenters. The van der Waals surface area contributed by atoms with E-state index < -0.39 is 17.1 Å². The summed E-state index contributed by atoms with van der Waals surface area (Å²) in [7, 11) is 4.59. The standard InChI is InChI=1S/C21H20N2O6S/c1-27-15-6-4-14(5-7-15)22-19(24)12-23-20(25)18(30-21(23)26)10-13-8-16(28-2)11-17(9-13)29-3/h4-11H,12H2,1-3H3,(H,22,24)/b18-10+. The molecule has 8 nitrogen and oxygen atoms in total. The number of anilines is 1. The Morgan fingerprint density at radius 1 is 0.967 bits per heavy atom. The van der Waals surface area contributed by atoms with Gasteiger partial charge >= 0.3 is 0 Å². The van der Waals surface area contributed by atoms with Crippen molar-refractivity contribution in [1.82, 2.24) is 4.90 Å². The quantitative estimate of drug-likeness (QED) is 0.676. The molecule has 1 aliphatic heterocycles. The highest BCUT2D eigenvalue weighted by Gasteiger charge is 2.36. The van der Waals surface area contributed by atoms with Gasteiger partial charge in [-0.25, -0.2) is 0 Å². The second kappa shape index (κ2) is 9.36. The zero-order valence-electron chi connectivity index (χ0n) is 16.6. The highest BCUT2D eigenvalue weighted by Crippen LogP contribution is 2.33. The maximum Gasteiger partial charge on any atom is 0.294 e. The van der Waals surface area contributed by atoms with Gasteiger partial charge in [0.15, 0.2) is 0 Å². The second-order valence-corrected chi connectivity index (χ2v) is 7.18. The Labute approximate surface area is 177 Å². The Hall–Kier alpha value is -3.46. The molecule has 0 bridgehead atoms. The zero-order chi connectivity index (χ0) is 21.7. The minimum absolute atomic E-state index is 0.215. The topological polar surface area (TPSA) is 94.2 Å². The van der Waals surface area contributed by atoms with E-state index in [9.17, 15) is 14.4 Å². The molecule has 0 spiro atoms. The predicted octanol–water partition coefficient (Wildman–Crippen LogP) is 3.39. The fourth-order valence-electron chi connectivity index (χ4n) is 2.72. The first kappa shape index (κ1) is 21.3. The highest BCUT2D eigenvalue weighted by atomic mass is 32.2. The molecule has 0 aromatic heterocycles. The third kappa shape index (κ3) is 4.93. The van der Waals surface area contributed by atoms with Gasteiger partial charge in [0.25, 0.3) is 11.1 Å². The number of hydrogen-bond acceptors (Lipinski definition) is 7. The number of carbonyl (C=O) groups excluding carboxylic acids is 3. The van der Waals surface area contributed by atoms with E-state index in [2.05, 4.69) is 5.32 Å². The molecule has 1 saturated heterocycles. The molecule has 3 amide bonds. The van der Waals surface area contributed by atoms with Crippen LogP contribution in [-0.2, 0) is 9.59 Å². The monoisotopic (exact) mass is 428 g/mol. The molecular weight excluding hydrogens is 408 g/mol. The molecule has 0 aliphatic carbocycles. The van der Waals surface area contributed by atoms with Gasteiger partial charge in [0, 0.05) is 11.8 Å². The number of benzene rings is 2. The third-order valence-corrected chi connectivity index (χ3v) is 5.13. The summed E-state index contributed by atoms with van der Waals surface area (Å²) >= 11 is 0.777. The van der Waals surface area contributed by atoms with Crippen LogP contribution in [0.3, 0.4) is 0 Å². The smallest absolute Gasteiger partial charge is 0.294 e. The number of methoxy groups -OCH3 is 3. The summed E-state index contributed by atoms with van der Waals surface area (Å²) in [5.41, 5.74) is 1.17. The molecule has 0 saturated carbocycles. The van der Waals surface area contributed by atoms with E-state index in [1.54, 1.807) is 55.7 Å². The number of rotatable bonds is 7. The molecule has 2 aromatic rings. The van der Waals surface area contributed by atoms with E-state index in [1.807, 2.05) is 0 Å². The highest BCUT2D eigenvalue weighted by molar-refractivity contribution is 8.18. The van der Waals surface area contributed by atoms with Crippen molar-refractivity contribution in [3.8, 4) is 17.2 Å². The summed E-state index contributed by atoms with van der Waals surface area (Å²) in [5.74, 6) is 0.749. The van der Waals surface area contributed by atoms with Gasteiger partial charge in [0.2, 0.25) is 5.91 Å². The fraction of sp³-hybridized carbons (Fsp3) is 0.190. The van der Waals surface area contributed by atoms with Crippen LogP contribution < -0.4 is 19.5 Å². The number of amides is 3. The van der Waals surface area contributed by atoms with Gasteiger partial charge in [-0.3, -0.25) is 19.3 Å². The normalized spacial score (nSPS) is 14.8. The third-order valence-electron chi connectivity index (χ3n) is 4.22. The van der Waals surface area contributed by atoms with Gasteiger partial charge in [-0.2, -0.15) is 0 Å². The first-order valence-electron chi connectivity index (χ1n) is 8.86. The van der Waals surface area contributed by atoms with E-state index in [0.29, 0.717) is 28.5 Å². The molecular formula is C21H20N2O6S. The van der Waals surface area contributed by atoms with Gasteiger partial charge in [-0.1, -0.05) is 0 Å². The van der Waals surface area contributed by atoms with Crippen molar-refractivity contribution in [2.45, 2.75) is 0 Å². The number of nitrogens with zero attached hydrogens (tertiary/aromatic N) is 1. The lowest BCUT2D eigenvalue weighted by atomic mass is 10.2. The predicted molar refractivity (Wildman–Crippen MR) is 114 cm³/mol. The molecule has 0 unspecified atom stereocenters. The Bertz CT molecular complexity index is 981. The lowest BCUT2D eigenvalue weighted by Crippen LogP contribution is -2.36. The van der Waals surface area contributed by atoms with Gasteiger partial charge in [-0.05, 0) is 59.8 Å². The fourth-order valence-corrected chi connectivity index (χ4v) is 3.56. The van der Waals surface area contributed by atoms with Crippen LogP contribution in [-0.4, -0.2) is 49.8 Å². The molecule has 156 valence electrons. The van der Waals surface area contributed by atoms with Gasteiger partial charge in [-0.15, -0.1) is 0 Å². The molecule has 1 N–H and O–H groups in total. The van der Waals surface area contributed by atoms with Crippen LogP contribution in [0.4, 0.5) is 10.5 Å². The van der Waals surface area contributed by atoms with Crippen molar-refractivity contribution in [2.75, 3.05) is 33.2 Å². The molecule has 2 aromatic carbocycles. The number of carbonyl (C=O) groups is 3. The van der Waals surface area contributed by atoms with Crippen molar-refractivity contribution in [3.63, 3.8) is 0 Å². The van der Waals surface area contributed by atoms with Gasteiger partial charge in [0.1, 0.15) is 23.8 Å². The molecule has 1 aliphatic rings. The summed E-state index contributed by atoms with van der Waals surface area (Å²) in [6.07, 6.45) is 1.57. The molecule has 30 heavy (non-hydrogen) atoms. The van der Waals surface area contributed by atoms with Crippen LogP contribution in [0.15, 0.2) is 47.4 Å². The van der Waals surface area contributed by atoms with Crippen molar-refractivity contribution >= 4 is 40.6 Å². The lowest BCUT2D eigenvalue weighted by Gasteiger charge is -2.12. The summed E-state index contributed by atoms with van der Waals surface area (Å²) < 4.78 is 15.5. The van der Waals surface area contributed by atoms with E-state index in [1.165, 1.54) is 14.2 Å². The maximum absolute atomic E-state index is 12.7. The largest absolute Gasteiger partial charge is 0.497 e. The van der Waals surface area contributed by atoms with Crippen LogP contribution in [0.25, 0.3) is 6.08 Å². The number of nitrogens with one attached hydrogen (secondary N) is 1. The van der Waals surface area contributed by atoms with Crippen LogP contribution in [0.1, 0.15) is 5.56 Å². The van der Waals surface area contributed by atoms with Crippen molar-refractivity contribution in [3.05, 3.63) is 52.9 Å². The molecule has 1 heterocycles. The SMILES string of the molecule is COc1ccc(NC(=O)CN2C(=O)S/C(=C/c3cc(OC)cc(OC)c3)C2=O)cc1. The van der Waals surface area contributed by atoms with Crippen LogP contribution in [0, 0.1) is 0 Å². The number of hydrogen-bond donors (Lipinski definition) is 1. The summed E-state index contributed by atoms with van der Waals surface area (Å²) in [6, 6.07) is 11.9. The average Bonchev–Trinajstić information content (AvgIpc) is 3.01.